The van der Waals surface area contributed by atoms with Crippen LogP contribution in [0.5, 0.6) is 5.75 Å². The maximum absolute atomic E-state index is 6.07. The Labute approximate surface area is 90.3 Å². The van der Waals surface area contributed by atoms with Crippen LogP contribution in [0.3, 0.4) is 0 Å². The van der Waals surface area contributed by atoms with Crippen molar-refractivity contribution in [2.45, 2.75) is 27.2 Å². The van der Waals surface area contributed by atoms with Gasteiger partial charge in [-0.3, -0.25) is 0 Å². The molecule has 0 radical (unpaired) electrons. The summed E-state index contributed by atoms with van der Waals surface area (Å²) in [4.78, 5) is 0. The van der Waals surface area contributed by atoms with Gasteiger partial charge in [-0.2, -0.15) is 0 Å². The van der Waals surface area contributed by atoms with Crippen LogP contribution in [0.25, 0.3) is 0 Å². The Bertz CT molecular complexity index is 332. The number of halogens is 1. The van der Waals surface area contributed by atoms with E-state index in [0.717, 1.165) is 29.1 Å². The summed E-state index contributed by atoms with van der Waals surface area (Å²) in [6, 6.07) is 3.94. The minimum atomic E-state index is 0.650. The summed E-state index contributed by atoms with van der Waals surface area (Å²) in [6.45, 7) is 9.79. The van der Waals surface area contributed by atoms with Crippen molar-refractivity contribution >= 4 is 11.6 Å². The van der Waals surface area contributed by atoms with Gasteiger partial charge < -0.3 is 4.74 Å². The fourth-order valence-electron chi connectivity index (χ4n) is 1.25. The highest BCUT2D eigenvalue weighted by Gasteiger charge is 2.07. The number of ether oxygens (including phenoxy) is 1. The van der Waals surface area contributed by atoms with Crippen molar-refractivity contribution < 1.29 is 4.74 Å². The molecule has 1 aromatic carbocycles. The molecule has 2 heteroatoms. The maximum atomic E-state index is 6.07. The lowest BCUT2D eigenvalue weighted by molar-refractivity contribution is 0.409. The predicted octanol–water partition coefficient (Wildman–Crippen LogP) is 4.26. The summed E-state index contributed by atoms with van der Waals surface area (Å²) in [5, 5.41) is 0.650. The van der Waals surface area contributed by atoms with Crippen LogP contribution in [0.2, 0.25) is 5.02 Å². The van der Waals surface area contributed by atoms with Crippen molar-refractivity contribution in [1.29, 1.82) is 0 Å². The third-order valence-corrected chi connectivity index (χ3v) is 2.30. The fraction of sp³-hybridized carbons (Fsp3) is 0.333. The quantitative estimate of drug-likeness (QED) is 0.678. The molecule has 0 unspecified atom stereocenters. The number of benzene rings is 1. The smallest absolute Gasteiger partial charge is 0.148 e. The Kier molecular flexibility index (Phi) is 3.59. The van der Waals surface area contributed by atoms with E-state index >= 15 is 0 Å². The first-order valence-electron chi connectivity index (χ1n) is 4.67. The normalized spacial score (nSPS) is 10.0. The zero-order chi connectivity index (χ0) is 10.7. The molecule has 0 saturated carbocycles. The van der Waals surface area contributed by atoms with Crippen molar-refractivity contribution in [3.05, 3.63) is 40.6 Å². The Morgan fingerprint density at radius 2 is 2.07 bits per heavy atom. The molecule has 0 bridgehead atoms. The van der Waals surface area contributed by atoms with Crippen molar-refractivity contribution in [2.75, 3.05) is 0 Å². The molecule has 1 rings (SSSR count). The predicted molar refractivity (Wildman–Crippen MR) is 61.0 cm³/mol. The molecule has 0 atom stereocenters. The van der Waals surface area contributed by atoms with E-state index in [4.69, 9.17) is 16.3 Å². The monoisotopic (exact) mass is 210 g/mol. The molecule has 0 aliphatic carbocycles. The summed E-state index contributed by atoms with van der Waals surface area (Å²) in [5.74, 6) is 1.46. The standard InChI is InChI=1S/C12H15ClO/c1-5-10(4)14-12-9(3)6-8(2)7-11(12)13/h6-7H,4-5H2,1-3H3. The Morgan fingerprint density at radius 3 is 2.57 bits per heavy atom. The van der Waals surface area contributed by atoms with Gasteiger partial charge in [0.1, 0.15) is 5.75 Å². The van der Waals surface area contributed by atoms with Crippen molar-refractivity contribution in [3.63, 3.8) is 0 Å². The zero-order valence-corrected chi connectivity index (χ0v) is 9.61. The van der Waals surface area contributed by atoms with Crippen molar-refractivity contribution in [1.82, 2.24) is 0 Å². The average Bonchev–Trinajstić information content (AvgIpc) is 2.10. The topological polar surface area (TPSA) is 9.23 Å². The first kappa shape index (κ1) is 11.1. The van der Waals surface area contributed by atoms with Gasteiger partial charge in [0, 0.05) is 6.42 Å². The fourth-order valence-corrected chi connectivity index (χ4v) is 1.61. The zero-order valence-electron chi connectivity index (χ0n) is 8.86. The number of rotatable bonds is 3. The molecule has 0 amide bonds. The second-order valence-electron chi connectivity index (χ2n) is 3.39. The molecule has 0 aromatic heterocycles. The first-order valence-corrected chi connectivity index (χ1v) is 5.04. The molecule has 76 valence electrons. The van der Waals surface area contributed by atoms with E-state index in [2.05, 4.69) is 6.58 Å². The molecule has 0 aliphatic rings. The van der Waals surface area contributed by atoms with Crippen LogP contribution >= 0.6 is 11.6 Å². The highest BCUT2D eigenvalue weighted by Crippen LogP contribution is 2.31. The Morgan fingerprint density at radius 1 is 1.43 bits per heavy atom. The molecule has 0 N–H and O–H groups in total. The SMILES string of the molecule is C=C(CC)Oc1c(C)cc(C)cc1Cl. The summed E-state index contributed by atoms with van der Waals surface area (Å²) < 4.78 is 5.55. The minimum absolute atomic E-state index is 0.650. The van der Waals surface area contributed by atoms with Crippen molar-refractivity contribution in [2.24, 2.45) is 0 Å². The maximum Gasteiger partial charge on any atom is 0.148 e. The highest BCUT2D eigenvalue weighted by atomic mass is 35.5. The van der Waals surface area contributed by atoms with Gasteiger partial charge in [-0.1, -0.05) is 31.2 Å². The number of hydrogen-bond donors (Lipinski definition) is 0. The van der Waals surface area contributed by atoms with Gasteiger partial charge in [-0.15, -0.1) is 0 Å². The van der Waals surface area contributed by atoms with Gasteiger partial charge in [0.05, 0.1) is 10.8 Å². The molecule has 1 aromatic rings. The van der Waals surface area contributed by atoms with Gasteiger partial charge in [0.2, 0.25) is 0 Å². The van der Waals surface area contributed by atoms with E-state index < -0.39 is 0 Å². The third kappa shape index (κ3) is 2.52. The van der Waals surface area contributed by atoms with Crippen LogP contribution < -0.4 is 4.74 Å². The lowest BCUT2D eigenvalue weighted by atomic mass is 10.1. The minimum Gasteiger partial charge on any atom is -0.461 e. The van der Waals surface area contributed by atoms with Crippen LogP contribution in [0.1, 0.15) is 24.5 Å². The summed E-state index contributed by atoms with van der Waals surface area (Å²) in [7, 11) is 0. The molecular formula is C12H15ClO. The Balaban J connectivity index is 3.02. The van der Waals surface area contributed by atoms with Crippen molar-refractivity contribution in [3.8, 4) is 5.75 Å². The van der Waals surface area contributed by atoms with Gasteiger partial charge in [-0.05, 0) is 31.0 Å². The molecule has 0 spiro atoms. The molecule has 14 heavy (non-hydrogen) atoms. The first-order chi connectivity index (χ1) is 6.54. The number of allylic oxidation sites excluding steroid dienone is 1. The third-order valence-electron chi connectivity index (χ3n) is 2.01. The van der Waals surface area contributed by atoms with Gasteiger partial charge in [-0.25, -0.2) is 0 Å². The molecule has 1 nitrogen and oxygen atoms in total. The molecular weight excluding hydrogens is 196 g/mol. The summed E-state index contributed by atoms with van der Waals surface area (Å²) in [5.41, 5.74) is 2.19. The largest absolute Gasteiger partial charge is 0.461 e. The van der Waals surface area contributed by atoms with E-state index in [9.17, 15) is 0 Å². The van der Waals surface area contributed by atoms with Crippen LogP contribution in [-0.4, -0.2) is 0 Å². The second-order valence-corrected chi connectivity index (χ2v) is 3.79. The van der Waals surface area contributed by atoms with Crippen LogP contribution in [0, 0.1) is 13.8 Å². The molecule has 0 saturated heterocycles. The van der Waals surface area contributed by atoms with E-state index in [1.54, 1.807) is 0 Å². The van der Waals surface area contributed by atoms with E-state index in [1.165, 1.54) is 0 Å². The lowest BCUT2D eigenvalue weighted by Gasteiger charge is -2.12. The lowest BCUT2D eigenvalue weighted by Crippen LogP contribution is -1.95. The summed E-state index contributed by atoms with van der Waals surface area (Å²) >= 11 is 6.07. The van der Waals surface area contributed by atoms with Gasteiger partial charge in [0.25, 0.3) is 0 Å². The van der Waals surface area contributed by atoms with E-state index in [1.807, 2.05) is 32.9 Å². The molecule has 0 heterocycles. The molecule has 0 fully saturated rings. The number of hydrogen-bond acceptors (Lipinski definition) is 1. The van der Waals surface area contributed by atoms with Gasteiger partial charge in [0.15, 0.2) is 0 Å². The number of aryl methyl sites for hydroxylation is 2. The summed E-state index contributed by atoms with van der Waals surface area (Å²) in [6.07, 6.45) is 0.795. The van der Waals surface area contributed by atoms with Crippen LogP contribution in [-0.2, 0) is 0 Å². The molecule has 0 aliphatic heterocycles. The van der Waals surface area contributed by atoms with Gasteiger partial charge >= 0.3 is 0 Å². The van der Waals surface area contributed by atoms with Crippen LogP contribution in [0.4, 0.5) is 0 Å². The van der Waals surface area contributed by atoms with Crippen LogP contribution in [0.15, 0.2) is 24.5 Å². The second kappa shape index (κ2) is 4.52. The average molecular weight is 211 g/mol. The van der Waals surface area contributed by atoms with E-state index in [-0.39, 0.29) is 0 Å². The highest BCUT2D eigenvalue weighted by molar-refractivity contribution is 6.32. The van der Waals surface area contributed by atoms with E-state index in [0.29, 0.717) is 5.02 Å². The Hall–Kier alpha value is -0.950.